The van der Waals surface area contributed by atoms with E-state index in [-0.39, 0.29) is 29.1 Å². The van der Waals surface area contributed by atoms with Crippen molar-refractivity contribution in [3.63, 3.8) is 0 Å². The highest BCUT2D eigenvalue weighted by molar-refractivity contribution is 6.42. The van der Waals surface area contributed by atoms with Gasteiger partial charge in [0, 0.05) is 24.7 Å². The number of hydrogen-bond donors (Lipinski definition) is 4. The molecule has 0 heterocycles. The molecule has 0 aliphatic carbocycles. The standard InChI is InChI=1S/C28H29Cl2F2N3O3/c1-2-17-4-3-5-18(8-17)14-33-15-26(36)25(11-19-9-21(31)13-22(32)10-19)35-27(37)16-34-28(38)20-6-7-23(29)24(30)12-20/h3-10,12-13,25-26,33,36H,2,11,14-16H2,1H3,(H,34,38)(H,35,37)/t25-,26+/m1/s1. The largest absolute Gasteiger partial charge is 0.390 e. The molecule has 0 radical (unpaired) electrons. The smallest absolute Gasteiger partial charge is 0.251 e. The number of carbonyl (C=O) groups excluding carboxylic acids is 2. The molecule has 3 aromatic rings. The van der Waals surface area contributed by atoms with Gasteiger partial charge in [-0.1, -0.05) is 54.4 Å². The number of aliphatic hydroxyl groups excluding tert-OH is 1. The molecule has 38 heavy (non-hydrogen) atoms. The Bertz CT molecular complexity index is 1260. The van der Waals surface area contributed by atoms with Gasteiger partial charge < -0.3 is 21.1 Å². The van der Waals surface area contributed by atoms with Gasteiger partial charge in [-0.3, -0.25) is 9.59 Å². The van der Waals surface area contributed by atoms with Gasteiger partial charge in [-0.2, -0.15) is 0 Å². The Balaban J connectivity index is 1.63. The average molecular weight is 564 g/mol. The van der Waals surface area contributed by atoms with Crippen molar-refractivity contribution < 1.29 is 23.5 Å². The van der Waals surface area contributed by atoms with Crippen molar-refractivity contribution in [1.29, 1.82) is 0 Å². The molecule has 0 bridgehead atoms. The Labute approximate surface area is 230 Å². The van der Waals surface area contributed by atoms with E-state index in [1.54, 1.807) is 0 Å². The minimum Gasteiger partial charge on any atom is -0.390 e. The zero-order chi connectivity index (χ0) is 27.7. The summed E-state index contributed by atoms with van der Waals surface area (Å²) >= 11 is 11.8. The van der Waals surface area contributed by atoms with Crippen LogP contribution < -0.4 is 16.0 Å². The second-order valence-electron chi connectivity index (χ2n) is 8.84. The Morgan fingerprint density at radius 3 is 2.32 bits per heavy atom. The van der Waals surface area contributed by atoms with Crippen LogP contribution in [0.25, 0.3) is 0 Å². The number of rotatable bonds is 12. The fourth-order valence-electron chi connectivity index (χ4n) is 3.89. The summed E-state index contributed by atoms with van der Waals surface area (Å²) in [4.78, 5) is 25.0. The molecule has 3 rings (SSSR count). The number of hydrogen-bond acceptors (Lipinski definition) is 4. The van der Waals surface area contributed by atoms with Crippen LogP contribution in [-0.2, 0) is 24.2 Å². The van der Waals surface area contributed by atoms with Crippen LogP contribution in [0.15, 0.2) is 60.7 Å². The summed E-state index contributed by atoms with van der Waals surface area (Å²) in [6.45, 7) is 2.26. The van der Waals surface area contributed by atoms with Gasteiger partial charge in [-0.15, -0.1) is 0 Å². The Morgan fingerprint density at radius 1 is 0.921 bits per heavy atom. The maximum atomic E-state index is 13.8. The molecule has 0 unspecified atom stereocenters. The maximum Gasteiger partial charge on any atom is 0.251 e. The monoisotopic (exact) mass is 563 g/mol. The molecule has 2 amide bonds. The van der Waals surface area contributed by atoms with Crippen LogP contribution in [0.3, 0.4) is 0 Å². The van der Waals surface area contributed by atoms with Gasteiger partial charge in [0.2, 0.25) is 5.91 Å². The lowest BCUT2D eigenvalue weighted by Gasteiger charge is -2.25. The molecule has 3 aromatic carbocycles. The summed E-state index contributed by atoms with van der Waals surface area (Å²) in [5.41, 5.74) is 2.71. The molecular formula is C28H29Cl2F2N3O3. The summed E-state index contributed by atoms with van der Waals surface area (Å²) in [5.74, 6) is -2.65. The van der Waals surface area contributed by atoms with Crippen molar-refractivity contribution in [1.82, 2.24) is 16.0 Å². The van der Waals surface area contributed by atoms with Gasteiger partial charge in [0.1, 0.15) is 11.6 Å². The molecule has 202 valence electrons. The second-order valence-corrected chi connectivity index (χ2v) is 9.65. The Morgan fingerprint density at radius 2 is 1.63 bits per heavy atom. The topological polar surface area (TPSA) is 90.5 Å². The van der Waals surface area contributed by atoms with Crippen LogP contribution in [0.1, 0.15) is 34.0 Å². The molecule has 10 heteroatoms. The number of amides is 2. The van der Waals surface area contributed by atoms with E-state index in [1.807, 2.05) is 18.2 Å². The van der Waals surface area contributed by atoms with E-state index in [9.17, 15) is 23.5 Å². The van der Waals surface area contributed by atoms with E-state index >= 15 is 0 Å². The molecule has 0 spiro atoms. The lowest BCUT2D eigenvalue weighted by molar-refractivity contribution is -0.121. The third-order valence-corrected chi connectivity index (χ3v) is 6.60. The van der Waals surface area contributed by atoms with Crippen molar-refractivity contribution in [2.45, 2.75) is 38.5 Å². The number of aliphatic hydroxyl groups is 1. The first kappa shape index (κ1) is 29.5. The molecule has 0 fully saturated rings. The lowest BCUT2D eigenvalue weighted by atomic mass is 10.0. The fourth-order valence-corrected chi connectivity index (χ4v) is 4.19. The van der Waals surface area contributed by atoms with Gasteiger partial charge >= 0.3 is 0 Å². The van der Waals surface area contributed by atoms with Crippen molar-refractivity contribution in [2.75, 3.05) is 13.1 Å². The van der Waals surface area contributed by atoms with Crippen molar-refractivity contribution in [2.24, 2.45) is 0 Å². The molecular weight excluding hydrogens is 535 g/mol. The summed E-state index contributed by atoms with van der Waals surface area (Å²) in [5, 5.41) is 19.7. The van der Waals surface area contributed by atoms with E-state index in [4.69, 9.17) is 23.2 Å². The molecule has 6 nitrogen and oxygen atoms in total. The second kappa shape index (κ2) is 14.2. The van der Waals surface area contributed by atoms with Crippen LogP contribution in [-0.4, -0.2) is 42.2 Å². The van der Waals surface area contributed by atoms with Gasteiger partial charge in [0.15, 0.2) is 0 Å². The normalized spacial score (nSPS) is 12.6. The van der Waals surface area contributed by atoms with E-state index in [0.29, 0.717) is 11.6 Å². The van der Waals surface area contributed by atoms with Crippen molar-refractivity contribution in [3.05, 3.63) is 105 Å². The van der Waals surface area contributed by atoms with Gasteiger partial charge in [-0.05, 0) is 59.9 Å². The van der Waals surface area contributed by atoms with E-state index < -0.39 is 42.1 Å². The number of carbonyl (C=O) groups is 2. The van der Waals surface area contributed by atoms with Crippen LogP contribution in [0.5, 0.6) is 0 Å². The van der Waals surface area contributed by atoms with Crippen LogP contribution >= 0.6 is 23.2 Å². The third-order valence-electron chi connectivity index (χ3n) is 5.86. The van der Waals surface area contributed by atoms with E-state index in [0.717, 1.165) is 30.2 Å². The average Bonchev–Trinajstić information content (AvgIpc) is 2.88. The summed E-state index contributed by atoms with van der Waals surface area (Å²) in [7, 11) is 0. The minimum atomic E-state index is -1.09. The van der Waals surface area contributed by atoms with E-state index in [2.05, 4.69) is 28.9 Å². The molecule has 0 saturated heterocycles. The molecule has 0 aromatic heterocycles. The minimum absolute atomic E-state index is 0.0324. The molecule has 0 saturated carbocycles. The van der Waals surface area contributed by atoms with Gasteiger partial charge in [0.05, 0.1) is 28.7 Å². The van der Waals surface area contributed by atoms with Crippen molar-refractivity contribution in [3.8, 4) is 0 Å². The summed E-state index contributed by atoms with van der Waals surface area (Å²) in [6.07, 6.45) is -0.225. The molecule has 0 aliphatic rings. The highest BCUT2D eigenvalue weighted by Gasteiger charge is 2.23. The SMILES string of the molecule is CCc1cccc(CNC[C@H](O)[C@@H](Cc2cc(F)cc(F)c2)NC(=O)CNC(=O)c2ccc(Cl)c(Cl)c2)c1. The number of benzene rings is 3. The van der Waals surface area contributed by atoms with Crippen LogP contribution in [0.2, 0.25) is 10.0 Å². The molecule has 4 N–H and O–H groups in total. The quantitative estimate of drug-likeness (QED) is 0.262. The predicted molar refractivity (Wildman–Crippen MR) is 144 cm³/mol. The maximum absolute atomic E-state index is 13.8. The highest BCUT2D eigenvalue weighted by Crippen LogP contribution is 2.22. The van der Waals surface area contributed by atoms with Crippen molar-refractivity contribution >= 4 is 35.0 Å². The number of halogens is 4. The van der Waals surface area contributed by atoms with Crippen LogP contribution in [0, 0.1) is 11.6 Å². The summed E-state index contributed by atoms with van der Waals surface area (Å²) < 4.78 is 27.5. The first-order valence-corrected chi connectivity index (χ1v) is 12.8. The number of nitrogens with one attached hydrogen (secondary N) is 3. The number of aryl methyl sites for hydroxylation is 1. The Hall–Kier alpha value is -3.04. The molecule has 0 aliphatic heterocycles. The summed E-state index contributed by atoms with van der Waals surface area (Å²) in [6, 6.07) is 14.5. The first-order chi connectivity index (χ1) is 18.1. The highest BCUT2D eigenvalue weighted by atomic mass is 35.5. The zero-order valence-electron chi connectivity index (χ0n) is 20.7. The lowest BCUT2D eigenvalue weighted by Crippen LogP contribution is -2.51. The third kappa shape index (κ3) is 9.06. The van der Waals surface area contributed by atoms with Gasteiger partial charge in [0.25, 0.3) is 5.91 Å². The predicted octanol–water partition coefficient (Wildman–Crippen LogP) is 4.44. The molecule has 2 atom stereocenters. The van der Waals surface area contributed by atoms with Gasteiger partial charge in [-0.25, -0.2) is 8.78 Å². The van der Waals surface area contributed by atoms with E-state index in [1.165, 1.54) is 23.8 Å². The fraction of sp³-hybridized carbons (Fsp3) is 0.286. The Kier molecular flexibility index (Phi) is 11.0. The van der Waals surface area contributed by atoms with Crippen LogP contribution in [0.4, 0.5) is 8.78 Å². The first-order valence-electron chi connectivity index (χ1n) is 12.1. The zero-order valence-corrected chi connectivity index (χ0v) is 22.3.